The molecule has 0 spiro atoms. The molecular formula is C9H12ClNO2. The number of methoxy groups -OCH3 is 1. The lowest BCUT2D eigenvalue weighted by Gasteiger charge is -2.05. The van der Waals surface area contributed by atoms with Crippen molar-refractivity contribution in [2.24, 2.45) is 0 Å². The monoisotopic (exact) mass is 201 g/mol. The van der Waals surface area contributed by atoms with Crippen LogP contribution in [0.25, 0.3) is 0 Å². The first-order chi connectivity index (χ1) is 5.65. The van der Waals surface area contributed by atoms with Crippen LogP contribution in [0, 0.1) is 0 Å². The number of hydrogen-bond donors (Lipinski definition) is 1. The number of halogens is 1. The number of ketones is 1. The van der Waals surface area contributed by atoms with Crippen molar-refractivity contribution < 1.29 is 9.53 Å². The third-order valence-corrected chi connectivity index (χ3v) is 1.60. The molecule has 0 saturated carbocycles. The zero-order valence-corrected chi connectivity index (χ0v) is 8.35. The number of Topliss-reactive ketones (excluding diaryl/α,β-unsaturated/α-hetero) is 1. The Bertz CT molecular complexity index is 312. The van der Waals surface area contributed by atoms with Crippen molar-refractivity contribution in [1.82, 2.24) is 0 Å². The highest BCUT2D eigenvalue weighted by Gasteiger charge is 2.06. The van der Waals surface area contributed by atoms with E-state index in [9.17, 15) is 4.79 Å². The number of benzene rings is 1. The summed E-state index contributed by atoms with van der Waals surface area (Å²) in [5, 5.41) is 0. The number of carbonyl (C=O) groups is 1. The molecule has 3 nitrogen and oxygen atoms in total. The first-order valence-corrected chi connectivity index (χ1v) is 3.59. The van der Waals surface area contributed by atoms with Crippen LogP contribution in [0.2, 0.25) is 0 Å². The highest BCUT2D eigenvalue weighted by molar-refractivity contribution is 5.97. The zero-order valence-electron chi connectivity index (χ0n) is 7.53. The normalized spacial score (nSPS) is 8.77. The molecule has 2 N–H and O–H groups in total. The summed E-state index contributed by atoms with van der Waals surface area (Å²) >= 11 is 0. The molecule has 0 amide bonds. The Hall–Kier alpha value is -1.22. The van der Waals surface area contributed by atoms with Gasteiger partial charge < -0.3 is 10.5 Å². The van der Waals surface area contributed by atoms with E-state index in [1.807, 2.05) is 0 Å². The molecule has 0 heterocycles. The number of carbonyl (C=O) groups excluding carboxylic acids is 1. The summed E-state index contributed by atoms with van der Waals surface area (Å²) in [5.41, 5.74) is 6.61. The summed E-state index contributed by atoms with van der Waals surface area (Å²) in [7, 11) is 1.53. The highest BCUT2D eigenvalue weighted by atomic mass is 35.5. The summed E-state index contributed by atoms with van der Waals surface area (Å²) < 4.78 is 4.99. The van der Waals surface area contributed by atoms with Gasteiger partial charge in [0, 0.05) is 5.69 Å². The van der Waals surface area contributed by atoms with E-state index >= 15 is 0 Å². The Morgan fingerprint density at radius 1 is 1.46 bits per heavy atom. The summed E-state index contributed by atoms with van der Waals surface area (Å²) in [5.74, 6) is 0.524. The van der Waals surface area contributed by atoms with Crippen LogP contribution in [-0.2, 0) is 0 Å². The molecule has 0 aliphatic heterocycles. The molecule has 72 valence electrons. The van der Waals surface area contributed by atoms with Crippen molar-refractivity contribution >= 4 is 23.9 Å². The SMILES string of the molecule is COc1ccc(N)cc1C(C)=O.Cl. The molecule has 1 rings (SSSR count). The van der Waals surface area contributed by atoms with Crippen molar-refractivity contribution in [1.29, 1.82) is 0 Å². The van der Waals surface area contributed by atoms with E-state index in [1.165, 1.54) is 14.0 Å². The zero-order chi connectivity index (χ0) is 9.14. The second-order valence-corrected chi connectivity index (χ2v) is 2.52. The number of hydrogen-bond acceptors (Lipinski definition) is 3. The number of nitrogens with two attached hydrogens (primary N) is 1. The molecule has 0 bridgehead atoms. The molecule has 0 aliphatic carbocycles. The number of ether oxygens (including phenoxy) is 1. The molecule has 0 aliphatic rings. The van der Waals surface area contributed by atoms with Gasteiger partial charge in [0.2, 0.25) is 0 Å². The summed E-state index contributed by atoms with van der Waals surface area (Å²) in [4.78, 5) is 11.0. The third-order valence-electron chi connectivity index (χ3n) is 1.60. The van der Waals surface area contributed by atoms with Crippen LogP contribution < -0.4 is 10.5 Å². The molecule has 13 heavy (non-hydrogen) atoms. The molecule has 1 aromatic carbocycles. The Labute approximate surface area is 83.3 Å². The molecule has 1 aromatic rings. The minimum absolute atomic E-state index is 0. The smallest absolute Gasteiger partial charge is 0.163 e. The number of rotatable bonds is 2. The molecule has 0 radical (unpaired) electrons. The van der Waals surface area contributed by atoms with Gasteiger partial charge in [-0.2, -0.15) is 0 Å². The lowest BCUT2D eigenvalue weighted by atomic mass is 10.1. The van der Waals surface area contributed by atoms with Gasteiger partial charge in [-0.3, -0.25) is 4.79 Å². The van der Waals surface area contributed by atoms with E-state index in [1.54, 1.807) is 18.2 Å². The van der Waals surface area contributed by atoms with Crippen molar-refractivity contribution in [3.05, 3.63) is 23.8 Å². The van der Waals surface area contributed by atoms with Crippen molar-refractivity contribution in [2.45, 2.75) is 6.92 Å². The van der Waals surface area contributed by atoms with Crippen LogP contribution >= 0.6 is 12.4 Å². The molecule has 0 saturated heterocycles. The van der Waals surface area contributed by atoms with Crippen molar-refractivity contribution in [3.63, 3.8) is 0 Å². The van der Waals surface area contributed by atoms with E-state index in [0.29, 0.717) is 17.0 Å². The molecule has 4 heteroatoms. The lowest BCUT2D eigenvalue weighted by molar-refractivity contribution is 0.101. The lowest BCUT2D eigenvalue weighted by Crippen LogP contribution is -1.98. The van der Waals surface area contributed by atoms with Gasteiger partial charge >= 0.3 is 0 Å². The van der Waals surface area contributed by atoms with E-state index in [2.05, 4.69) is 0 Å². The average molecular weight is 202 g/mol. The standard InChI is InChI=1S/C9H11NO2.ClH/c1-6(11)8-5-7(10)3-4-9(8)12-2;/h3-5H,10H2,1-2H3;1H. The van der Waals surface area contributed by atoms with Gasteiger partial charge in [-0.05, 0) is 25.1 Å². The summed E-state index contributed by atoms with van der Waals surface area (Å²) in [6, 6.07) is 5.00. The van der Waals surface area contributed by atoms with Gasteiger partial charge in [0.15, 0.2) is 5.78 Å². The maximum Gasteiger partial charge on any atom is 0.163 e. The first kappa shape index (κ1) is 11.8. The quantitative estimate of drug-likeness (QED) is 0.588. The molecule has 0 aromatic heterocycles. The van der Waals surface area contributed by atoms with Crippen LogP contribution in [0.3, 0.4) is 0 Å². The summed E-state index contributed by atoms with van der Waals surface area (Å²) in [6.07, 6.45) is 0. The fourth-order valence-electron chi connectivity index (χ4n) is 1.00. The second-order valence-electron chi connectivity index (χ2n) is 2.52. The van der Waals surface area contributed by atoms with Gasteiger partial charge in [-0.15, -0.1) is 12.4 Å². The van der Waals surface area contributed by atoms with Crippen LogP contribution in [0.1, 0.15) is 17.3 Å². The van der Waals surface area contributed by atoms with Crippen molar-refractivity contribution in [2.75, 3.05) is 12.8 Å². The maximum absolute atomic E-state index is 11.0. The fraction of sp³-hybridized carbons (Fsp3) is 0.222. The largest absolute Gasteiger partial charge is 0.496 e. The van der Waals surface area contributed by atoms with Crippen LogP contribution in [-0.4, -0.2) is 12.9 Å². The van der Waals surface area contributed by atoms with Crippen molar-refractivity contribution in [3.8, 4) is 5.75 Å². The fourth-order valence-corrected chi connectivity index (χ4v) is 1.00. The number of nitrogen functional groups attached to an aromatic ring is 1. The van der Waals surface area contributed by atoms with E-state index in [-0.39, 0.29) is 18.2 Å². The highest BCUT2D eigenvalue weighted by Crippen LogP contribution is 2.20. The van der Waals surface area contributed by atoms with Crippen LogP contribution in [0.5, 0.6) is 5.75 Å². The van der Waals surface area contributed by atoms with Crippen LogP contribution in [0.4, 0.5) is 5.69 Å². The van der Waals surface area contributed by atoms with E-state index in [4.69, 9.17) is 10.5 Å². The third kappa shape index (κ3) is 2.63. The average Bonchev–Trinajstić information content (AvgIpc) is 2.04. The molecule has 0 unspecified atom stereocenters. The Balaban J connectivity index is 0.00000144. The van der Waals surface area contributed by atoms with Gasteiger partial charge in [-0.1, -0.05) is 0 Å². The van der Waals surface area contributed by atoms with E-state index in [0.717, 1.165) is 0 Å². The Kier molecular flexibility index (Phi) is 4.28. The van der Waals surface area contributed by atoms with Gasteiger partial charge in [-0.25, -0.2) is 0 Å². The maximum atomic E-state index is 11.0. The Morgan fingerprint density at radius 2 is 2.08 bits per heavy atom. The van der Waals surface area contributed by atoms with Gasteiger partial charge in [0.05, 0.1) is 12.7 Å². The topological polar surface area (TPSA) is 52.3 Å². The van der Waals surface area contributed by atoms with Crippen LogP contribution in [0.15, 0.2) is 18.2 Å². The van der Waals surface area contributed by atoms with Gasteiger partial charge in [0.25, 0.3) is 0 Å². The number of anilines is 1. The molecule has 0 fully saturated rings. The first-order valence-electron chi connectivity index (χ1n) is 3.59. The van der Waals surface area contributed by atoms with E-state index < -0.39 is 0 Å². The molecule has 0 atom stereocenters. The van der Waals surface area contributed by atoms with Gasteiger partial charge in [0.1, 0.15) is 5.75 Å². The molecular weight excluding hydrogens is 190 g/mol. The Morgan fingerprint density at radius 3 is 2.54 bits per heavy atom. The summed E-state index contributed by atoms with van der Waals surface area (Å²) in [6.45, 7) is 1.48. The minimum Gasteiger partial charge on any atom is -0.496 e. The second kappa shape index (κ2) is 4.72. The predicted molar refractivity (Wildman–Crippen MR) is 54.7 cm³/mol. The minimum atomic E-state index is -0.0425. The predicted octanol–water partition coefficient (Wildman–Crippen LogP) is 1.90.